The quantitative estimate of drug-likeness (QED) is 0.519. The van der Waals surface area contributed by atoms with Crippen molar-refractivity contribution in [2.24, 2.45) is 0 Å². The van der Waals surface area contributed by atoms with Crippen LogP contribution in [-0.2, 0) is 11.3 Å². The maximum atomic E-state index is 13.7. The molecule has 1 aliphatic rings. The molecule has 0 saturated carbocycles. The van der Waals surface area contributed by atoms with Gasteiger partial charge in [-0.05, 0) is 43.3 Å². The molecule has 0 fully saturated rings. The number of benzene rings is 2. The number of imidazole rings is 1. The van der Waals surface area contributed by atoms with Crippen LogP contribution in [0.25, 0.3) is 5.65 Å². The van der Waals surface area contributed by atoms with Gasteiger partial charge in [-0.3, -0.25) is 4.79 Å². The molecule has 0 bridgehead atoms. The van der Waals surface area contributed by atoms with Crippen LogP contribution in [-0.4, -0.2) is 27.5 Å². The molecule has 2 aromatic heterocycles. The van der Waals surface area contributed by atoms with Gasteiger partial charge in [-0.1, -0.05) is 36.4 Å². The molecule has 3 heterocycles. The average molecular weight is 399 g/mol. The van der Waals surface area contributed by atoms with E-state index in [9.17, 15) is 4.79 Å². The zero-order valence-corrected chi connectivity index (χ0v) is 16.5. The van der Waals surface area contributed by atoms with Crippen molar-refractivity contribution >= 4 is 17.2 Å². The number of nitrogens with zero attached hydrogens (tertiary/aromatic N) is 3. The molecule has 0 aliphatic carbocycles. The normalized spacial score (nSPS) is 17.6. The van der Waals surface area contributed by atoms with Crippen LogP contribution >= 0.6 is 0 Å². The molecule has 1 amide bonds. The number of ether oxygens (including phenoxy) is 2. The monoisotopic (exact) mass is 399 g/mol. The predicted molar refractivity (Wildman–Crippen MR) is 114 cm³/mol. The van der Waals surface area contributed by atoms with Crippen molar-refractivity contribution in [3.05, 3.63) is 90.9 Å². The van der Waals surface area contributed by atoms with Gasteiger partial charge in [0.15, 0.2) is 11.5 Å². The lowest BCUT2D eigenvalue weighted by Crippen LogP contribution is -2.50. The van der Waals surface area contributed by atoms with Gasteiger partial charge in [0.2, 0.25) is 6.10 Å². The number of carbonyl (C=O) groups excluding carboxylic acids is 1. The maximum Gasteiger partial charge on any atom is 0.272 e. The van der Waals surface area contributed by atoms with Crippen molar-refractivity contribution in [3.63, 3.8) is 0 Å². The van der Waals surface area contributed by atoms with Crippen molar-refractivity contribution in [1.29, 1.82) is 0 Å². The summed E-state index contributed by atoms with van der Waals surface area (Å²) in [5.41, 5.74) is 2.54. The van der Waals surface area contributed by atoms with Gasteiger partial charge >= 0.3 is 0 Å². The van der Waals surface area contributed by atoms with E-state index < -0.39 is 12.2 Å². The maximum absolute atomic E-state index is 13.7. The van der Waals surface area contributed by atoms with Crippen LogP contribution in [0.1, 0.15) is 12.6 Å². The molecule has 2 unspecified atom stereocenters. The predicted octanol–water partition coefficient (Wildman–Crippen LogP) is 4.10. The fraction of sp³-hybridized carbons (Fsp3) is 0.167. The van der Waals surface area contributed by atoms with Gasteiger partial charge < -0.3 is 18.8 Å². The minimum atomic E-state index is -0.751. The van der Waals surface area contributed by atoms with Gasteiger partial charge in [0.1, 0.15) is 11.8 Å². The van der Waals surface area contributed by atoms with E-state index in [-0.39, 0.29) is 5.91 Å². The molecule has 0 spiro atoms. The lowest BCUT2D eigenvalue weighted by atomic mass is 10.1. The van der Waals surface area contributed by atoms with Crippen LogP contribution in [0, 0.1) is 0 Å². The smallest absolute Gasteiger partial charge is 0.272 e. The fourth-order valence-electron chi connectivity index (χ4n) is 3.71. The zero-order valence-electron chi connectivity index (χ0n) is 16.5. The highest BCUT2D eigenvalue weighted by Crippen LogP contribution is 2.34. The first kappa shape index (κ1) is 18.2. The van der Waals surface area contributed by atoms with Gasteiger partial charge in [-0.25, -0.2) is 4.98 Å². The van der Waals surface area contributed by atoms with Crippen LogP contribution in [0.3, 0.4) is 0 Å². The van der Waals surface area contributed by atoms with Gasteiger partial charge in [0, 0.05) is 11.9 Å². The Balaban J connectivity index is 1.50. The molecule has 30 heavy (non-hydrogen) atoms. The molecule has 2 atom stereocenters. The Morgan fingerprint density at radius 1 is 0.967 bits per heavy atom. The first-order valence-corrected chi connectivity index (χ1v) is 9.90. The molecule has 1 aliphatic heterocycles. The molecule has 5 rings (SSSR count). The Labute approximate surface area is 174 Å². The molecule has 4 aromatic rings. The minimum Gasteiger partial charge on any atom is -0.482 e. The number of aromatic nitrogens is 2. The highest BCUT2D eigenvalue weighted by Gasteiger charge is 2.37. The number of hydrogen-bond acceptors (Lipinski definition) is 4. The Morgan fingerprint density at radius 2 is 1.67 bits per heavy atom. The molecular formula is C24H21N3O3. The van der Waals surface area contributed by atoms with Crippen LogP contribution in [0.4, 0.5) is 5.69 Å². The summed E-state index contributed by atoms with van der Waals surface area (Å²) in [7, 11) is 0. The minimum absolute atomic E-state index is 0.158. The van der Waals surface area contributed by atoms with Crippen molar-refractivity contribution in [1.82, 2.24) is 9.38 Å². The highest BCUT2D eigenvalue weighted by molar-refractivity contribution is 5.97. The van der Waals surface area contributed by atoms with E-state index in [2.05, 4.69) is 4.98 Å². The summed E-state index contributed by atoms with van der Waals surface area (Å²) in [6, 6.07) is 22.9. The summed E-state index contributed by atoms with van der Waals surface area (Å²) in [5, 5.41) is 0. The second kappa shape index (κ2) is 7.55. The third kappa shape index (κ3) is 3.26. The molecule has 6 heteroatoms. The first-order chi connectivity index (χ1) is 14.7. The summed E-state index contributed by atoms with van der Waals surface area (Å²) in [6.07, 6.45) is 2.58. The van der Waals surface area contributed by atoms with Crippen molar-refractivity contribution in [2.75, 3.05) is 4.90 Å². The fourth-order valence-corrected chi connectivity index (χ4v) is 3.71. The molecule has 0 radical (unpaired) electrons. The second-order valence-corrected chi connectivity index (χ2v) is 7.25. The molecular weight excluding hydrogens is 378 g/mol. The second-order valence-electron chi connectivity index (χ2n) is 7.25. The van der Waals surface area contributed by atoms with Gasteiger partial charge in [-0.15, -0.1) is 0 Å². The van der Waals surface area contributed by atoms with Crippen LogP contribution in [0.2, 0.25) is 0 Å². The number of amides is 1. The SMILES string of the molecule is CC1Oc2ccccc2OC1C(=O)N(Cc1cnc2ccccn12)c1ccccc1. The first-order valence-electron chi connectivity index (χ1n) is 9.90. The van der Waals surface area contributed by atoms with Crippen LogP contribution in [0.15, 0.2) is 85.2 Å². The highest BCUT2D eigenvalue weighted by atomic mass is 16.6. The van der Waals surface area contributed by atoms with E-state index in [4.69, 9.17) is 9.47 Å². The largest absolute Gasteiger partial charge is 0.482 e. The van der Waals surface area contributed by atoms with Gasteiger partial charge in [-0.2, -0.15) is 0 Å². The van der Waals surface area contributed by atoms with Crippen molar-refractivity contribution < 1.29 is 14.3 Å². The molecule has 6 nitrogen and oxygen atoms in total. The summed E-state index contributed by atoms with van der Waals surface area (Å²) >= 11 is 0. The zero-order chi connectivity index (χ0) is 20.5. The van der Waals surface area contributed by atoms with E-state index in [0.717, 1.165) is 17.0 Å². The number of carbonyl (C=O) groups is 1. The summed E-state index contributed by atoms with van der Waals surface area (Å²) < 4.78 is 14.0. The Hall–Kier alpha value is -3.80. The number of fused-ring (bicyclic) bond motifs is 2. The van der Waals surface area contributed by atoms with Crippen LogP contribution in [0.5, 0.6) is 11.5 Å². The Morgan fingerprint density at radius 3 is 2.47 bits per heavy atom. The molecule has 150 valence electrons. The molecule has 2 aromatic carbocycles. The lowest BCUT2D eigenvalue weighted by Gasteiger charge is -2.34. The van der Waals surface area contributed by atoms with E-state index >= 15 is 0 Å². The summed E-state index contributed by atoms with van der Waals surface area (Å²) in [5.74, 6) is 1.08. The Kier molecular flexibility index (Phi) is 4.59. The lowest BCUT2D eigenvalue weighted by molar-refractivity contribution is -0.130. The number of anilines is 1. The molecule has 0 N–H and O–H groups in total. The number of rotatable bonds is 4. The summed E-state index contributed by atoms with van der Waals surface area (Å²) in [6.45, 7) is 2.22. The van der Waals surface area contributed by atoms with E-state index in [1.165, 1.54) is 0 Å². The van der Waals surface area contributed by atoms with E-state index in [0.29, 0.717) is 18.0 Å². The van der Waals surface area contributed by atoms with E-state index in [1.54, 1.807) is 11.1 Å². The standard InChI is InChI=1S/C24H21N3O3/c1-17-23(30-21-12-6-5-11-20(21)29-17)24(28)27(18-9-3-2-4-10-18)16-19-15-25-22-13-7-8-14-26(19)22/h2-15,17,23H,16H2,1H3. The molecule has 0 saturated heterocycles. The Bertz CT molecular complexity index is 1190. The van der Waals surface area contributed by atoms with Gasteiger partial charge in [0.05, 0.1) is 18.4 Å². The van der Waals surface area contributed by atoms with Gasteiger partial charge in [0.25, 0.3) is 5.91 Å². The average Bonchev–Trinajstić information content (AvgIpc) is 3.20. The van der Waals surface area contributed by atoms with Crippen LogP contribution < -0.4 is 14.4 Å². The van der Waals surface area contributed by atoms with E-state index in [1.807, 2.05) is 90.3 Å². The number of pyridine rings is 1. The summed E-state index contributed by atoms with van der Waals surface area (Å²) in [4.78, 5) is 19.9. The third-order valence-electron chi connectivity index (χ3n) is 5.23. The third-order valence-corrected chi connectivity index (χ3v) is 5.23. The van der Waals surface area contributed by atoms with Crippen molar-refractivity contribution in [2.45, 2.75) is 25.7 Å². The van der Waals surface area contributed by atoms with Crippen molar-refractivity contribution in [3.8, 4) is 11.5 Å². The number of hydrogen-bond donors (Lipinski definition) is 0. The topological polar surface area (TPSA) is 56.1 Å². The number of para-hydroxylation sites is 3.